The van der Waals surface area contributed by atoms with E-state index < -0.39 is 0 Å². The Hall–Kier alpha value is -5.30. The van der Waals surface area contributed by atoms with Gasteiger partial charge in [-0.25, -0.2) is 4.98 Å². The van der Waals surface area contributed by atoms with Crippen molar-refractivity contribution in [1.29, 1.82) is 0 Å². The van der Waals surface area contributed by atoms with Crippen LogP contribution in [0.2, 0.25) is 0 Å². The van der Waals surface area contributed by atoms with Gasteiger partial charge in [-0.3, -0.25) is 4.98 Å². The van der Waals surface area contributed by atoms with Crippen molar-refractivity contribution in [3.8, 4) is 49.3 Å². The molecule has 9 rings (SSSR count). The molecule has 4 nitrogen and oxygen atoms in total. The number of hydrogen-bond donors (Lipinski definition) is 0. The summed E-state index contributed by atoms with van der Waals surface area (Å²) in [6.45, 7) is 0. The van der Waals surface area contributed by atoms with E-state index in [2.05, 4.69) is 117 Å². The Labute approximate surface area is 261 Å². The van der Waals surface area contributed by atoms with E-state index >= 15 is 0 Å². The fraction of sp³-hybridized carbons (Fsp3) is 0. The Balaban J connectivity index is 1.25. The van der Waals surface area contributed by atoms with Gasteiger partial charge in [0.15, 0.2) is 5.58 Å². The van der Waals surface area contributed by atoms with Crippen LogP contribution in [0.3, 0.4) is 0 Å². The second-order valence-electron chi connectivity index (χ2n) is 10.7. The van der Waals surface area contributed by atoms with Gasteiger partial charge in [0.25, 0.3) is 0 Å². The summed E-state index contributed by atoms with van der Waals surface area (Å²) in [4.78, 5) is 12.0. The molecule has 0 fully saturated rings. The minimum absolute atomic E-state index is 0.614. The number of fused-ring (bicyclic) bond motifs is 4. The third kappa shape index (κ3) is 4.19. The van der Waals surface area contributed by atoms with Crippen LogP contribution in [-0.2, 0) is 0 Å². The van der Waals surface area contributed by atoms with Crippen molar-refractivity contribution >= 4 is 55.6 Å². The van der Waals surface area contributed by atoms with Crippen LogP contribution in [0.1, 0.15) is 0 Å². The van der Waals surface area contributed by atoms with Crippen LogP contribution in [0.5, 0.6) is 0 Å². The maximum atomic E-state index is 6.38. The van der Waals surface area contributed by atoms with Crippen LogP contribution in [0.25, 0.3) is 82.2 Å². The van der Waals surface area contributed by atoms with Crippen molar-refractivity contribution in [1.82, 2.24) is 14.5 Å². The van der Waals surface area contributed by atoms with Gasteiger partial charge in [-0.15, -0.1) is 22.7 Å². The number of hydrogen-bond acceptors (Lipinski definition) is 5. The third-order valence-corrected chi connectivity index (χ3v) is 9.92. The lowest BCUT2D eigenvalue weighted by molar-refractivity contribution is 0.620. The number of benzene rings is 4. The second-order valence-corrected chi connectivity index (χ2v) is 12.6. The molecule has 208 valence electrons. The maximum absolute atomic E-state index is 6.38. The van der Waals surface area contributed by atoms with Crippen molar-refractivity contribution in [2.45, 2.75) is 0 Å². The van der Waals surface area contributed by atoms with Gasteiger partial charge >= 0.3 is 0 Å². The lowest BCUT2D eigenvalue weighted by atomic mass is 10.1. The van der Waals surface area contributed by atoms with Gasteiger partial charge in [-0.1, -0.05) is 48.5 Å². The number of oxazole rings is 1. The summed E-state index contributed by atoms with van der Waals surface area (Å²) in [7, 11) is 0. The predicted molar refractivity (Wildman–Crippen MR) is 184 cm³/mol. The molecule has 0 bridgehead atoms. The van der Waals surface area contributed by atoms with Crippen LogP contribution >= 0.6 is 22.7 Å². The zero-order valence-corrected chi connectivity index (χ0v) is 25.0. The number of pyridine rings is 1. The summed E-state index contributed by atoms with van der Waals surface area (Å²) < 4.78 is 8.73. The van der Waals surface area contributed by atoms with Gasteiger partial charge in [0, 0.05) is 43.5 Å². The summed E-state index contributed by atoms with van der Waals surface area (Å²) >= 11 is 3.48. The minimum Gasteiger partial charge on any atom is -0.436 e. The lowest BCUT2D eigenvalue weighted by Gasteiger charge is -2.10. The summed E-state index contributed by atoms with van der Waals surface area (Å²) in [5.41, 5.74) is 10.3. The first-order chi connectivity index (χ1) is 21.8. The third-order valence-electron chi connectivity index (χ3n) is 8.08. The molecule has 0 aliphatic carbocycles. The first-order valence-electron chi connectivity index (χ1n) is 14.4. The molecule has 0 N–H and O–H groups in total. The van der Waals surface area contributed by atoms with Gasteiger partial charge in [0.2, 0.25) is 5.89 Å². The topological polar surface area (TPSA) is 43.9 Å². The summed E-state index contributed by atoms with van der Waals surface area (Å²) in [6.07, 6.45) is 1.84. The molecule has 5 aromatic heterocycles. The average Bonchev–Trinajstić information content (AvgIpc) is 3.90. The van der Waals surface area contributed by atoms with E-state index in [9.17, 15) is 0 Å². The summed E-state index contributed by atoms with van der Waals surface area (Å²) in [6, 6.07) is 42.6. The first kappa shape index (κ1) is 25.2. The molecule has 5 heterocycles. The van der Waals surface area contributed by atoms with Crippen molar-refractivity contribution in [3.63, 3.8) is 0 Å². The Morgan fingerprint density at radius 2 is 1.39 bits per heavy atom. The van der Waals surface area contributed by atoms with E-state index in [0.29, 0.717) is 5.89 Å². The van der Waals surface area contributed by atoms with E-state index in [1.54, 1.807) is 22.7 Å². The zero-order chi connectivity index (χ0) is 29.0. The monoisotopic (exact) mass is 601 g/mol. The van der Waals surface area contributed by atoms with E-state index in [1.165, 1.54) is 26.1 Å². The molecular formula is C38H23N3OS2. The Morgan fingerprint density at radius 3 is 2.18 bits per heavy atom. The fourth-order valence-electron chi connectivity index (χ4n) is 6.01. The molecule has 0 spiro atoms. The molecule has 44 heavy (non-hydrogen) atoms. The Morgan fingerprint density at radius 1 is 0.568 bits per heavy atom. The highest BCUT2D eigenvalue weighted by Gasteiger charge is 2.17. The molecule has 0 aliphatic heterocycles. The standard InChI is InChI=1S/C38H23N3OS2/c1-2-17-39-31(8-1)24-6-3-7-28(20-24)41-33-16-13-25(36-9-4-18-43-36)21-30(33)29-14-11-27(22-34(29)41)38-40-32-15-12-26(23-35(32)42-38)37-10-5-19-44-37/h1-23H. The van der Waals surface area contributed by atoms with Gasteiger partial charge < -0.3 is 8.98 Å². The van der Waals surface area contributed by atoms with E-state index in [-0.39, 0.29) is 0 Å². The molecular weight excluding hydrogens is 579 g/mol. The summed E-state index contributed by atoms with van der Waals surface area (Å²) in [5.74, 6) is 0.614. The quantitative estimate of drug-likeness (QED) is 0.197. The van der Waals surface area contributed by atoms with Crippen molar-refractivity contribution in [3.05, 3.63) is 138 Å². The highest BCUT2D eigenvalue weighted by atomic mass is 32.1. The highest BCUT2D eigenvalue weighted by molar-refractivity contribution is 7.13. The number of rotatable bonds is 5. The van der Waals surface area contributed by atoms with Crippen LogP contribution in [0.15, 0.2) is 143 Å². The van der Waals surface area contributed by atoms with Gasteiger partial charge in [-0.05, 0) is 94.7 Å². The van der Waals surface area contributed by atoms with Crippen LogP contribution < -0.4 is 0 Å². The minimum atomic E-state index is 0.614. The molecule has 4 aromatic carbocycles. The van der Waals surface area contributed by atoms with Crippen molar-refractivity contribution in [2.24, 2.45) is 0 Å². The highest BCUT2D eigenvalue weighted by Crippen LogP contribution is 2.39. The molecule has 9 aromatic rings. The molecule has 0 radical (unpaired) electrons. The lowest BCUT2D eigenvalue weighted by Crippen LogP contribution is -1.95. The number of aromatic nitrogens is 3. The number of nitrogens with zero attached hydrogens (tertiary/aromatic N) is 3. The van der Waals surface area contributed by atoms with Crippen molar-refractivity contribution < 1.29 is 4.42 Å². The number of thiophene rings is 2. The Kier molecular flexibility index (Phi) is 5.82. The average molecular weight is 602 g/mol. The van der Waals surface area contributed by atoms with Crippen LogP contribution in [0, 0.1) is 0 Å². The van der Waals surface area contributed by atoms with E-state index in [0.717, 1.165) is 50.2 Å². The molecule has 6 heteroatoms. The van der Waals surface area contributed by atoms with Gasteiger partial charge in [0.1, 0.15) is 5.52 Å². The molecule has 0 unspecified atom stereocenters. The predicted octanol–water partition coefficient (Wildman–Crippen LogP) is 11.1. The SMILES string of the molecule is c1ccc(-c2cccc(-n3c4ccc(-c5cccs5)cc4c4ccc(-c5nc6ccc(-c7cccs7)cc6o5)cc43)c2)nc1. The first-order valence-corrected chi connectivity index (χ1v) is 16.1. The molecule has 0 atom stereocenters. The second kappa shape index (κ2) is 10.2. The fourth-order valence-corrected chi connectivity index (χ4v) is 7.46. The van der Waals surface area contributed by atoms with Crippen LogP contribution in [-0.4, -0.2) is 14.5 Å². The largest absolute Gasteiger partial charge is 0.436 e. The summed E-state index contributed by atoms with van der Waals surface area (Å²) in [5, 5.41) is 6.61. The molecule has 0 amide bonds. The molecule has 0 saturated carbocycles. The van der Waals surface area contributed by atoms with Gasteiger partial charge in [0.05, 0.1) is 16.7 Å². The van der Waals surface area contributed by atoms with Crippen molar-refractivity contribution in [2.75, 3.05) is 0 Å². The maximum Gasteiger partial charge on any atom is 0.227 e. The van der Waals surface area contributed by atoms with E-state index in [1.807, 2.05) is 30.5 Å². The zero-order valence-electron chi connectivity index (χ0n) is 23.3. The Bertz CT molecular complexity index is 2440. The molecule has 0 saturated heterocycles. The van der Waals surface area contributed by atoms with Crippen LogP contribution in [0.4, 0.5) is 0 Å². The molecule has 0 aliphatic rings. The smallest absolute Gasteiger partial charge is 0.227 e. The normalized spacial score (nSPS) is 11.6. The van der Waals surface area contributed by atoms with E-state index in [4.69, 9.17) is 9.40 Å². The van der Waals surface area contributed by atoms with Gasteiger partial charge in [-0.2, -0.15) is 0 Å².